The summed E-state index contributed by atoms with van der Waals surface area (Å²) in [6.45, 7) is 1.68. The van der Waals surface area contributed by atoms with E-state index in [2.05, 4.69) is 5.32 Å². The van der Waals surface area contributed by atoms with Gasteiger partial charge in [-0.2, -0.15) is 0 Å². The third-order valence-corrected chi connectivity index (χ3v) is 5.32. The molecule has 1 saturated heterocycles. The standard InChI is InChI=1S/C23H27F2N3O2/c1-27(2)21(20-18(24)10-7-11-19(20)25)22(29)26-15-16-8-6-9-17(14-16)23(30)28-12-4-3-5-13-28/h6-11,14,21H,3-5,12-13,15H2,1-2H3,(H,26,29)/t21-/m1/s1. The molecule has 2 aromatic rings. The van der Waals surface area contributed by atoms with Gasteiger partial charge in [-0.3, -0.25) is 14.5 Å². The lowest BCUT2D eigenvalue weighted by molar-refractivity contribution is -0.126. The summed E-state index contributed by atoms with van der Waals surface area (Å²) in [5.74, 6) is -2.06. The monoisotopic (exact) mass is 415 g/mol. The number of hydrogen-bond acceptors (Lipinski definition) is 3. The molecular weight excluding hydrogens is 388 g/mol. The van der Waals surface area contributed by atoms with Crippen LogP contribution in [0, 0.1) is 11.6 Å². The van der Waals surface area contributed by atoms with Crippen molar-refractivity contribution in [1.29, 1.82) is 0 Å². The first-order valence-corrected chi connectivity index (χ1v) is 10.1. The van der Waals surface area contributed by atoms with E-state index < -0.39 is 23.6 Å². The molecule has 1 atom stereocenters. The van der Waals surface area contributed by atoms with Gasteiger partial charge in [0, 0.05) is 25.2 Å². The molecule has 2 amide bonds. The van der Waals surface area contributed by atoms with Gasteiger partial charge in [-0.1, -0.05) is 18.2 Å². The van der Waals surface area contributed by atoms with E-state index in [0.717, 1.165) is 50.0 Å². The van der Waals surface area contributed by atoms with Gasteiger partial charge in [-0.25, -0.2) is 8.78 Å². The van der Waals surface area contributed by atoms with Gasteiger partial charge in [0.05, 0.1) is 5.56 Å². The highest BCUT2D eigenvalue weighted by molar-refractivity contribution is 5.94. The number of hydrogen-bond donors (Lipinski definition) is 1. The Morgan fingerprint density at radius 3 is 2.30 bits per heavy atom. The van der Waals surface area contributed by atoms with Crippen molar-refractivity contribution < 1.29 is 18.4 Å². The average Bonchev–Trinajstić information content (AvgIpc) is 2.74. The zero-order chi connectivity index (χ0) is 21.7. The molecule has 1 fully saturated rings. The average molecular weight is 415 g/mol. The number of rotatable bonds is 6. The fourth-order valence-corrected chi connectivity index (χ4v) is 3.78. The molecule has 7 heteroatoms. The molecule has 30 heavy (non-hydrogen) atoms. The van der Waals surface area contributed by atoms with E-state index in [0.29, 0.717) is 5.56 Å². The number of nitrogens with one attached hydrogen (secondary N) is 1. The van der Waals surface area contributed by atoms with Crippen LogP contribution in [0.25, 0.3) is 0 Å². The molecule has 0 bridgehead atoms. The highest BCUT2D eigenvalue weighted by Gasteiger charge is 2.28. The van der Waals surface area contributed by atoms with Crippen molar-refractivity contribution in [2.45, 2.75) is 31.8 Å². The van der Waals surface area contributed by atoms with Crippen molar-refractivity contribution in [1.82, 2.24) is 15.1 Å². The van der Waals surface area contributed by atoms with Crippen LogP contribution in [-0.4, -0.2) is 48.8 Å². The predicted octanol–water partition coefficient (Wildman–Crippen LogP) is 3.51. The molecule has 1 N–H and O–H groups in total. The smallest absolute Gasteiger partial charge is 0.253 e. The highest BCUT2D eigenvalue weighted by atomic mass is 19.1. The normalized spacial score (nSPS) is 15.2. The lowest BCUT2D eigenvalue weighted by atomic mass is 10.0. The molecule has 0 aromatic heterocycles. The number of amides is 2. The molecule has 1 heterocycles. The summed E-state index contributed by atoms with van der Waals surface area (Å²) >= 11 is 0. The van der Waals surface area contributed by atoms with Crippen molar-refractivity contribution in [2.24, 2.45) is 0 Å². The zero-order valence-electron chi connectivity index (χ0n) is 17.3. The Morgan fingerprint density at radius 1 is 1.03 bits per heavy atom. The topological polar surface area (TPSA) is 52.7 Å². The summed E-state index contributed by atoms with van der Waals surface area (Å²) < 4.78 is 28.4. The molecule has 2 aromatic carbocycles. The number of carbonyl (C=O) groups is 2. The van der Waals surface area contributed by atoms with Gasteiger partial charge in [0.1, 0.15) is 17.7 Å². The Morgan fingerprint density at radius 2 is 1.67 bits per heavy atom. The molecule has 1 aliphatic heterocycles. The summed E-state index contributed by atoms with van der Waals surface area (Å²) in [7, 11) is 3.18. The van der Waals surface area contributed by atoms with Crippen LogP contribution in [-0.2, 0) is 11.3 Å². The fraction of sp³-hybridized carbons (Fsp3) is 0.391. The Bertz CT molecular complexity index is 891. The Balaban J connectivity index is 1.71. The summed E-state index contributed by atoms with van der Waals surface area (Å²) in [5, 5.41) is 2.74. The molecule has 160 valence electrons. The maximum Gasteiger partial charge on any atom is 0.253 e. The van der Waals surface area contributed by atoms with E-state index in [4.69, 9.17) is 0 Å². The molecule has 0 saturated carbocycles. The van der Waals surface area contributed by atoms with Crippen LogP contribution in [0.2, 0.25) is 0 Å². The molecular formula is C23H27F2N3O2. The first kappa shape index (κ1) is 21.9. The number of likely N-dealkylation sites (tertiary alicyclic amines) is 1. The zero-order valence-corrected chi connectivity index (χ0v) is 17.3. The molecule has 5 nitrogen and oxygen atoms in total. The SMILES string of the molecule is CN(C)[C@@H](C(=O)NCc1cccc(C(=O)N2CCCCC2)c1)c1c(F)cccc1F. The Hall–Kier alpha value is -2.80. The van der Waals surface area contributed by atoms with E-state index in [1.54, 1.807) is 32.3 Å². The van der Waals surface area contributed by atoms with Gasteiger partial charge in [-0.15, -0.1) is 0 Å². The van der Waals surface area contributed by atoms with Gasteiger partial charge in [0.2, 0.25) is 5.91 Å². The van der Waals surface area contributed by atoms with Crippen LogP contribution < -0.4 is 5.32 Å². The largest absolute Gasteiger partial charge is 0.350 e. The number of halogens is 2. The molecule has 0 spiro atoms. The third-order valence-electron chi connectivity index (χ3n) is 5.32. The third kappa shape index (κ3) is 5.02. The number of likely N-dealkylation sites (N-methyl/N-ethyl adjacent to an activating group) is 1. The van der Waals surface area contributed by atoms with Crippen molar-refractivity contribution in [3.63, 3.8) is 0 Å². The maximum absolute atomic E-state index is 14.2. The lowest BCUT2D eigenvalue weighted by Gasteiger charge is -2.27. The quantitative estimate of drug-likeness (QED) is 0.786. The fourth-order valence-electron chi connectivity index (χ4n) is 3.78. The van der Waals surface area contributed by atoms with Gasteiger partial charge >= 0.3 is 0 Å². The minimum atomic E-state index is -1.11. The Labute approximate surface area is 175 Å². The molecule has 0 unspecified atom stereocenters. The van der Waals surface area contributed by atoms with E-state index in [9.17, 15) is 18.4 Å². The van der Waals surface area contributed by atoms with Crippen molar-refractivity contribution in [3.05, 3.63) is 70.8 Å². The lowest BCUT2D eigenvalue weighted by Crippen LogP contribution is -2.38. The van der Waals surface area contributed by atoms with E-state index in [1.807, 2.05) is 11.0 Å². The van der Waals surface area contributed by atoms with E-state index in [-0.39, 0.29) is 18.0 Å². The second-order valence-corrected chi connectivity index (χ2v) is 7.77. The van der Waals surface area contributed by atoms with Gasteiger partial charge in [-0.05, 0) is 63.2 Å². The van der Waals surface area contributed by atoms with Gasteiger partial charge < -0.3 is 10.2 Å². The minimum Gasteiger partial charge on any atom is -0.350 e. The van der Waals surface area contributed by atoms with E-state index >= 15 is 0 Å². The predicted molar refractivity (Wildman–Crippen MR) is 111 cm³/mol. The summed E-state index contributed by atoms with van der Waals surface area (Å²) in [5.41, 5.74) is 1.04. The summed E-state index contributed by atoms with van der Waals surface area (Å²) in [4.78, 5) is 28.8. The number of benzene rings is 2. The summed E-state index contributed by atoms with van der Waals surface area (Å²) in [6, 6.07) is 9.54. The Kier molecular flexibility index (Phi) is 7.15. The molecule has 1 aliphatic rings. The first-order chi connectivity index (χ1) is 14.4. The summed E-state index contributed by atoms with van der Waals surface area (Å²) in [6.07, 6.45) is 3.17. The van der Waals surface area contributed by atoms with Crippen LogP contribution >= 0.6 is 0 Å². The van der Waals surface area contributed by atoms with E-state index in [1.165, 1.54) is 11.0 Å². The van der Waals surface area contributed by atoms with Crippen LogP contribution in [0.1, 0.15) is 46.8 Å². The van der Waals surface area contributed by atoms with Crippen LogP contribution in [0.15, 0.2) is 42.5 Å². The minimum absolute atomic E-state index is 0.0116. The van der Waals surface area contributed by atoms with Gasteiger partial charge in [0.15, 0.2) is 0 Å². The molecule has 0 radical (unpaired) electrons. The number of nitrogens with zero attached hydrogens (tertiary/aromatic N) is 2. The maximum atomic E-state index is 14.2. The van der Waals surface area contributed by atoms with Crippen molar-refractivity contribution in [3.8, 4) is 0 Å². The van der Waals surface area contributed by atoms with Crippen molar-refractivity contribution >= 4 is 11.8 Å². The highest BCUT2D eigenvalue weighted by Crippen LogP contribution is 2.25. The van der Waals surface area contributed by atoms with Gasteiger partial charge in [0.25, 0.3) is 5.91 Å². The molecule has 0 aliphatic carbocycles. The van der Waals surface area contributed by atoms with Crippen molar-refractivity contribution in [2.75, 3.05) is 27.2 Å². The van der Waals surface area contributed by atoms with Crippen LogP contribution in [0.4, 0.5) is 8.78 Å². The molecule has 3 rings (SSSR count). The second kappa shape index (κ2) is 9.80. The second-order valence-electron chi connectivity index (χ2n) is 7.77. The van der Waals surface area contributed by atoms with Crippen LogP contribution in [0.5, 0.6) is 0 Å². The number of carbonyl (C=O) groups excluding carboxylic acids is 2. The number of piperidine rings is 1. The first-order valence-electron chi connectivity index (χ1n) is 10.1. The van der Waals surface area contributed by atoms with Crippen LogP contribution in [0.3, 0.4) is 0 Å².